The molecule has 0 bridgehead atoms. The van der Waals surface area contributed by atoms with E-state index in [4.69, 9.17) is 5.73 Å². The zero-order valence-corrected chi connectivity index (χ0v) is 10.5. The molecule has 0 unspecified atom stereocenters. The maximum Gasteiger partial charge on any atom is 0.210 e. The standard InChI is InChI=1S/C10H11FN4S2/c11-7-3-1-2-4-8(7)13-9-14-15-10(17-9)16-6-5-12/h1-4H,5-6,12H2,(H,13,14). The van der Waals surface area contributed by atoms with Gasteiger partial charge in [0.05, 0.1) is 5.69 Å². The summed E-state index contributed by atoms with van der Waals surface area (Å²) in [5, 5.41) is 11.4. The third-order valence-electron chi connectivity index (χ3n) is 1.87. The van der Waals surface area contributed by atoms with Crippen LogP contribution in [-0.4, -0.2) is 22.5 Å². The Kier molecular flexibility index (Phi) is 4.29. The molecule has 0 fully saturated rings. The van der Waals surface area contributed by atoms with Crippen LogP contribution in [0.4, 0.5) is 15.2 Å². The first-order valence-electron chi connectivity index (χ1n) is 4.97. The molecule has 90 valence electrons. The summed E-state index contributed by atoms with van der Waals surface area (Å²) in [5.41, 5.74) is 5.80. The third kappa shape index (κ3) is 3.39. The first kappa shape index (κ1) is 12.3. The number of benzene rings is 1. The van der Waals surface area contributed by atoms with Crippen LogP contribution in [0.1, 0.15) is 0 Å². The summed E-state index contributed by atoms with van der Waals surface area (Å²) in [4.78, 5) is 0. The number of hydrogen-bond acceptors (Lipinski definition) is 6. The zero-order valence-electron chi connectivity index (χ0n) is 8.89. The normalized spacial score (nSPS) is 10.5. The zero-order chi connectivity index (χ0) is 12.1. The average molecular weight is 270 g/mol. The highest BCUT2D eigenvalue weighted by Gasteiger charge is 2.06. The van der Waals surface area contributed by atoms with Crippen LogP contribution in [0.5, 0.6) is 0 Å². The van der Waals surface area contributed by atoms with E-state index in [2.05, 4.69) is 15.5 Å². The molecule has 0 aliphatic heterocycles. The molecule has 0 atom stereocenters. The van der Waals surface area contributed by atoms with E-state index in [0.29, 0.717) is 17.4 Å². The molecule has 1 heterocycles. The molecule has 0 spiro atoms. The number of nitrogens with two attached hydrogens (primary N) is 1. The van der Waals surface area contributed by atoms with Crippen LogP contribution in [0.25, 0.3) is 0 Å². The Hall–Kier alpha value is -1.18. The predicted molar refractivity (Wildman–Crippen MR) is 69.4 cm³/mol. The number of para-hydroxylation sites is 1. The van der Waals surface area contributed by atoms with Crippen LogP contribution in [-0.2, 0) is 0 Å². The van der Waals surface area contributed by atoms with Crippen molar-refractivity contribution in [3.63, 3.8) is 0 Å². The Morgan fingerprint density at radius 3 is 2.94 bits per heavy atom. The molecular formula is C10H11FN4S2. The summed E-state index contributed by atoms with van der Waals surface area (Å²) in [7, 11) is 0. The number of rotatable bonds is 5. The van der Waals surface area contributed by atoms with Gasteiger partial charge in [0.25, 0.3) is 0 Å². The highest BCUT2D eigenvalue weighted by atomic mass is 32.2. The lowest BCUT2D eigenvalue weighted by molar-refractivity contribution is 0.632. The molecule has 0 saturated heterocycles. The second kappa shape index (κ2) is 5.95. The summed E-state index contributed by atoms with van der Waals surface area (Å²) >= 11 is 2.93. The van der Waals surface area contributed by atoms with Crippen molar-refractivity contribution in [2.24, 2.45) is 5.73 Å². The van der Waals surface area contributed by atoms with Crippen molar-refractivity contribution in [1.82, 2.24) is 10.2 Å². The molecule has 0 amide bonds. The lowest BCUT2D eigenvalue weighted by atomic mass is 10.3. The van der Waals surface area contributed by atoms with Crippen molar-refractivity contribution in [2.75, 3.05) is 17.6 Å². The fraction of sp³-hybridized carbons (Fsp3) is 0.200. The van der Waals surface area contributed by atoms with Crippen molar-refractivity contribution in [2.45, 2.75) is 4.34 Å². The van der Waals surface area contributed by atoms with Gasteiger partial charge >= 0.3 is 0 Å². The average Bonchev–Trinajstić information content (AvgIpc) is 2.77. The Balaban J connectivity index is 2.04. The van der Waals surface area contributed by atoms with Crippen LogP contribution in [0.3, 0.4) is 0 Å². The number of hydrogen-bond donors (Lipinski definition) is 2. The molecule has 17 heavy (non-hydrogen) atoms. The summed E-state index contributed by atoms with van der Waals surface area (Å²) in [6.45, 7) is 0.598. The second-order valence-corrected chi connectivity index (χ2v) is 5.43. The fourth-order valence-electron chi connectivity index (χ4n) is 1.14. The van der Waals surface area contributed by atoms with Gasteiger partial charge in [-0.3, -0.25) is 0 Å². The van der Waals surface area contributed by atoms with Crippen molar-refractivity contribution in [3.8, 4) is 0 Å². The Morgan fingerprint density at radius 1 is 1.35 bits per heavy atom. The van der Waals surface area contributed by atoms with Crippen LogP contribution in [0.2, 0.25) is 0 Å². The number of nitrogens with zero attached hydrogens (tertiary/aromatic N) is 2. The highest BCUT2D eigenvalue weighted by molar-refractivity contribution is 8.01. The second-order valence-electron chi connectivity index (χ2n) is 3.12. The van der Waals surface area contributed by atoms with Gasteiger partial charge in [-0.25, -0.2) is 4.39 Å². The van der Waals surface area contributed by atoms with Crippen LogP contribution in [0.15, 0.2) is 28.6 Å². The van der Waals surface area contributed by atoms with E-state index in [9.17, 15) is 4.39 Å². The van der Waals surface area contributed by atoms with Crippen molar-refractivity contribution in [1.29, 1.82) is 0 Å². The van der Waals surface area contributed by atoms with E-state index in [1.165, 1.54) is 17.4 Å². The van der Waals surface area contributed by atoms with Gasteiger partial charge in [-0.1, -0.05) is 35.2 Å². The van der Waals surface area contributed by atoms with Gasteiger partial charge in [-0.15, -0.1) is 10.2 Å². The van der Waals surface area contributed by atoms with Crippen LogP contribution >= 0.6 is 23.1 Å². The van der Waals surface area contributed by atoms with E-state index in [-0.39, 0.29) is 5.82 Å². The van der Waals surface area contributed by atoms with E-state index in [0.717, 1.165) is 10.1 Å². The number of aromatic nitrogens is 2. The van der Waals surface area contributed by atoms with Gasteiger partial charge in [0.1, 0.15) is 5.82 Å². The molecule has 3 N–H and O–H groups in total. The molecule has 0 aliphatic rings. The molecule has 7 heteroatoms. The van der Waals surface area contributed by atoms with E-state index < -0.39 is 0 Å². The smallest absolute Gasteiger partial charge is 0.210 e. The lowest BCUT2D eigenvalue weighted by Crippen LogP contribution is -2.00. The van der Waals surface area contributed by atoms with Gasteiger partial charge in [-0.2, -0.15) is 0 Å². The first-order valence-corrected chi connectivity index (χ1v) is 6.77. The van der Waals surface area contributed by atoms with E-state index in [1.807, 2.05) is 0 Å². The minimum Gasteiger partial charge on any atom is -0.330 e. The Bertz CT molecular complexity index is 489. The SMILES string of the molecule is NCCSc1nnc(Nc2ccccc2F)s1. The van der Waals surface area contributed by atoms with Gasteiger partial charge in [0, 0.05) is 12.3 Å². The number of thioether (sulfide) groups is 1. The molecule has 1 aromatic carbocycles. The van der Waals surface area contributed by atoms with Crippen molar-refractivity contribution < 1.29 is 4.39 Å². The maximum absolute atomic E-state index is 13.4. The summed E-state index contributed by atoms with van der Waals surface area (Å²) in [6.07, 6.45) is 0. The summed E-state index contributed by atoms with van der Waals surface area (Å²) in [6, 6.07) is 6.45. The maximum atomic E-state index is 13.4. The molecule has 2 aromatic rings. The highest BCUT2D eigenvalue weighted by Crippen LogP contribution is 2.27. The van der Waals surface area contributed by atoms with Gasteiger partial charge in [0.2, 0.25) is 5.13 Å². The van der Waals surface area contributed by atoms with E-state index in [1.54, 1.807) is 30.0 Å². The molecular weight excluding hydrogens is 259 g/mol. The summed E-state index contributed by atoms with van der Waals surface area (Å²) < 4.78 is 14.2. The third-order valence-corrected chi connectivity index (χ3v) is 3.87. The molecule has 1 aromatic heterocycles. The fourth-order valence-corrected chi connectivity index (χ4v) is 2.75. The number of nitrogens with one attached hydrogen (secondary N) is 1. The van der Waals surface area contributed by atoms with Crippen molar-refractivity contribution in [3.05, 3.63) is 30.1 Å². The van der Waals surface area contributed by atoms with E-state index >= 15 is 0 Å². The topological polar surface area (TPSA) is 63.8 Å². The van der Waals surface area contributed by atoms with Gasteiger partial charge in [0.15, 0.2) is 4.34 Å². The van der Waals surface area contributed by atoms with Crippen molar-refractivity contribution >= 4 is 33.9 Å². The van der Waals surface area contributed by atoms with Crippen LogP contribution in [0, 0.1) is 5.82 Å². The Morgan fingerprint density at radius 2 is 2.18 bits per heavy atom. The molecule has 0 saturated carbocycles. The number of halogens is 1. The summed E-state index contributed by atoms with van der Waals surface area (Å²) in [5.74, 6) is 0.493. The molecule has 0 radical (unpaired) electrons. The van der Waals surface area contributed by atoms with Gasteiger partial charge < -0.3 is 11.1 Å². The number of anilines is 2. The monoisotopic (exact) mass is 270 g/mol. The minimum absolute atomic E-state index is 0.307. The molecule has 4 nitrogen and oxygen atoms in total. The lowest BCUT2D eigenvalue weighted by Gasteiger charge is -2.01. The molecule has 2 rings (SSSR count). The Labute approximate surface area is 106 Å². The quantitative estimate of drug-likeness (QED) is 0.817. The van der Waals surface area contributed by atoms with Gasteiger partial charge in [-0.05, 0) is 12.1 Å². The minimum atomic E-state index is -0.307. The van der Waals surface area contributed by atoms with Crippen LogP contribution < -0.4 is 11.1 Å². The molecule has 0 aliphatic carbocycles. The largest absolute Gasteiger partial charge is 0.330 e. The first-order chi connectivity index (χ1) is 8.29. The predicted octanol–water partition coefficient (Wildman–Crippen LogP) is 2.47.